The van der Waals surface area contributed by atoms with E-state index >= 15 is 0 Å². The number of nitrogens with zero attached hydrogens (tertiary/aromatic N) is 1. The van der Waals surface area contributed by atoms with Crippen LogP contribution in [0.5, 0.6) is 0 Å². The molecular formula is C13H14FNO3S. The molecule has 102 valence electrons. The summed E-state index contributed by atoms with van der Waals surface area (Å²) < 4.78 is 18.8. The Hall–Kier alpha value is -1.56. The number of rotatable bonds is 3. The minimum atomic E-state index is -0.753. The van der Waals surface area contributed by atoms with Crippen LogP contribution in [0.4, 0.5) is 10.1 Å². The standard InChI is InChI=1S/C13H14FNO3S/c1-18-13(17)9-3-2-4-10(12(9)14)15-6-8(7-19)5-11(15)16/h2-4,8,19H,5-7H2,1H3. The summed E-state index contributed by atoms with van der Waals surface area (Å²) in [6.45, 7) is 0.421. The van der Waals surface area contributed by atoms with Crippen molar-refractivity contribution in [2.75, 3.05) is 24.3 Å². The van der Waals surface area contributed by atoms with Gasteiger partial charge in [-0.3, -0.25) is 4.79 Å². The van der Waals surface area contributed by atoms with Gasteiger partial charge < -0.3 is 9.64 Å². The summed E-state index contributed by atoms with van der Waals surface area (Å²) in [5, 5.41) is 0. The lowest BCUT2D eigenvalue weighted by molar-refractivity contribution is -0.117. The van der Waals surface area contributed by atoms with E-state index in [9.17, 15) is 14.0 Å². The van der Waals surface area contributed by atoms with Crippen molar-refractivity contribution in [3.05, 3.63) is 29.6 Å². The van der Waals surface area contributed by atoms with Gasteiger partial charge in [0.1, 0.15) is 0 Å². The molecule has 0 aliphatic carbocycles. The van der Waals surface area contributed by atoms with Gasteiger partial charge in [0.2, 0.25) is 5.91 Å². The molecule has 0 spiro atoms. The van der Waals surface area contributed by atoms with Crippen molar-refractivity contribution in [3.63, 3.8) is 0 Å². The molecule has 1 aliphatic heterocycles. The van der Waals surface area contributed by atoms with Gasteiger partial charge in [0.05, 0.1) is 18.4 Å². The van der Waals surface area contributed by atoms with Crippen molar-refractivity contribution in [2.45, 2.75) is 6.42 Å². The van der Waals surface area contributed by atoms with Crippen LogP contribution in [0, 0.1) is 11.7 Å². The molecule has 0 aromatic heterocycles. The van der Waals surface area contributed by atoms with Gasteiger partial charge in [-0.05, 0) is 23.8 Å². The van der Waals surface area contributed by atoms with Crippen LogP contribution in [0.1, 0.15) is 16.8 Å². The molecule has 19 heavy (non-hydrogen) atoms. The second kappa shape index (κ2) is 5.61. The summed E-state index contributed by atoms with van der Waals surface area (Å²) in [4.78, 5) is 24.6. The maximum Gasteiger partial charge on any atom is 0.340 e. The Morgan fingerprint density at radius 1 is 1.58 bits per heavy atom. The third-order valence-corrected chi connectivity index (χ3v) is 3.65. The molecule has 1 aromatic carbocycles. The first-order valence-electron chi connectivity index (χ1n) is 5.86. The average molecular weight is 283 g/mol. The number of methoxy groups -OCH3 is 1. The zero-order chi connectivity index (χ0) is 14.0. The Morgan fingerprint density at radius 2 is 2.32 bits per heavy atom. The van der Waals surface area contributed by atoms with Gasteiger partial charge in [0.25, 0.3) is 0 Å². The number of hydrogen-bond acceptors (Lipinski definition) is 4. The average Bonchev–Trinajstić information content (AvgIpc) is 2.79. The van der Waals surface area contributed by atoms with Crippen LogP contribution < -0.4 is 4.90 Å². The highest BCUT2D eigenvalue weighted by Gasteiger charge is 2.32. The largest absolute Gasteiger partial charge is 0.465 e. The van der Waals surface area contributed by atoms with Crippen LogP contribution in [0.2, 0.25) is 0 Å². The Morgan fingerprint density at radius 3 is 2.89 bits per heavy atom. The number of benzene rings is 1. The summed E-state index contributed by atoms with van der Waals surface area (Å²) in [5.74, 6) is -0.947. The first kappa shape index (κ1) is 13.9. The molecule has 1 unspecified atom stereocenters. The Labute approximate surface area is 115 Å². The van der Waals surface area contributed by atoms with Crippen LogP contribution in [0.3, 0.4) is 0 Å². The SMILES string of the molecule is COC(=O)c1cccc(N2CC(CS)CC2=O)c1F. The highest BCUT2D eigenvalue weighted by molar-refractivity contribution is 7.80. The van der Waals surface area contributed by atoms with Gasteiger partial charge in [-0.25, -0.2) is 9.18 Å². The van der Waals surface area contributed by atoms with E-state index in [1.165, 1.54) is 30.2 Å². The molecule has 1 saturated heterocycles. The number of carbonyl (C=O) groups is 2. The van der Waals surface area contributed by atoms with E-state index in [2.05, 4.69) is 17.4 Å². The molecule has 0 saturated carbocycles. The Balaban J connectivity index is 2.36. The lowest BCUT2D eigenvalue weighted by Crippen LogP contribution is -2.26. The first-order valence-corrected chi connectivity index (χ1v) is 6.49. The highest BCUT2D eigenvalue weighted by atomic mass is 32.1. The molecule has 0 N–H and O–H groups in total. The minimum absolute atomic E-state index is 0.108. The second-order valence-corrected chi connectivity index (χ2v) is 4.75. The summed E-state index contributed by atoms with van der Waals surface area (Å²) in [5.41, 5.74) is -0.0423. The highest BCUT2D eigenvalue weighted by Crippen LogP contribution is 2.29. The van der Waals surface area contributed by atoms with E-state index in [0.29, 0.717) is 18.7 Å². The maximum atomic E-state index is 14.3. The molecular weight excluding hydrogens is 269 g/mol. The third-order valence-electron chi connectivity index (χ3n) is 3.14. The van der Waals surface area contributed by atoms with Crippen molar-refractivity contribution in [3.8, 4) is 0 Å². The van der Waals surface area contributed by atoms with Gasteiger partial charge in [-0.1, -0.05) is 6.07 Å². The summed E-state index contributed by atoms with van der Waals surface area (Å²) in [7, 11) is 1.19. The maximum absolute atomic E-state index is 14.3. The van der Waals surface area contributed by atoms with Gasteiger partial charge in [0.15, 0.2) is 5.82 Å². The van der Waals surface area contributed by atoms with Crippen molar-refractivity contribution in [1.29, 1.82) is 0 Å². The Kier molecular flexibility index (Phi) is 4.09. The van der Waals surface area contributed by atoms with Gasteiger partial charge in [0, 0.05) is 13.0 Å². The molecule has 1 heterocycles. The van der Waals surface area contributed by atoms with E-state index in [1.54, 1.807) is 0 Å². The predicted octanol–water partition coefficient (Wildman–Crippen LogP) is 1.90. The normalized spacial score (nSPS) is 18.8. The molecule has 6 heteroatoms. The fraction of sp³-hybridized carbons (Fsp3) is 0.385. The zero-order valence-corrected chi connectivity index (χ0v) is 11.3. The van der Waals surface area contributed by atoms with Gasteiger partial charge in [-0.15, -0.1) is 0 Å². The van der Waals surface area contributed by atoms with E-state index in [1.807, 2.05) is 0 Å². The van der Waals surface area contributed by atoms with E-state index < -0.39 is 11.8 Å². The van der Waals surface area contributed by atoms with Crippen molar-refractivity contribution in [1.82, 2.24) is 0 Å². The number of amides is 1. The summed E-state index contributed by atoms with van der Waals surface area (Å²) >= 11 is 4.16. The molecule has 2 rings (SSSR count). The lowest BCUT2D eigenvalue weighted by Gasteiger charge is -2.18. The fourth-order valence-corrected chi connectivity index (χ4v) is 2.38. The molecule has 1 atom stereocenters. The fourth-order valence-electron chi connectivity index (χ4n) is 2.13. The van der Waals surface area contributed by atoms with Crippen LogP contribution in [0.25, 0.3) is 0 Å². The summed E-state index contributed by atoms with van der Waals surface area (Å²) in [6.07, 6.45) is 0.353. The quantitative estimate of drug-likeness (QED) is 0.681. The summed E-state index contributed by atoms with van der Waals surface area (Å²) in [6, 6.07) is 4.36. The molecule has 1 aromatic rings. The number of thiol groups is 1. The van der Waals surface area contributed by atoms with Crippen molar-refractivity contribution < 1.29 is 18.7 Å². The molecule has 4 nitrogen and oxygen atoms in total. The number of hydrogen-bond donors (Lipinski definition) is 1. The minimum Gasteiger partial charge on any atom is -0.465 e. The van der Waals surface area contributed by atoms with E-state index in [0.717, 1.165) is 0 Å². The Bertz CT molecular complexity index is 521. The predicted molar refractivity (Wildman–Crippen MR) is 72.1 cm³/mol. The van der Waals surface area contributed by atoms with Crippen LogP contribution in [-0.2, 0) is 9.53 Å². The van der Waals surface area contributed by atoms with Crippen LogP contribution in [-0.4, -0.2) is 31.3 Å². The van der Waals surface area contributed by atoms with Crippen molar-refractivity contribution in [2.24, 2.45) is 5.92 Å². The molecule has 0 radical (unpaired) electrons. The van der Waals surface area contributed by atoms with E-state index in [-0.39, 0.29) is 23.1 Å². The number of ether oxygens (including phenoxy) is 1. The molecule has 0 bridgehead atoms. The zero-order valence-electron chi connectivity index (χ0n) is 10.4. The van der Waals surface area contributed by atoms with Crippen LogP contribution in [0.15, 0.2) is 18.2 Å². The molecule has 1 fully saturated rings. The van der Waals surface area contributed by atoms with Gasteiger partial charge >= 0.3 is 5.97 Å². The first-order chi connectivity index (χ1) is 9.08. The lowest BCUT2D eigenvalue weighted by atomic mass is 10.1. The topological polar surface area (TPSA) is 46.6 Å². The molecule has 1 amide bonds. The number of carbonyl (C=O) groups excluding carboxylic acids is 2. The number of anilines is 1. The van der Waals surface area contributed by atoms with Crippen molar-refractivity contribution >= 4 is 30.2 Å². The van der Waals surface area contributed by atoms with Crippen LogP contribution >= 0.6 is 12.6 Å². The monoisotopic (exact) mass is 283 g/mol. The third kappa shape index (κ3) is 2.58. The second-order valence-electron chi connectivity index (χ2n) is 4.39. The van der Waals surface area contributed by atoms with E-state index in [4.69, 9.17) is 0 Å². The molecule has 1 aliphatic rings. The van der Waals surface area contributed by atoms with Gasteiger partial charge in [-0.2, -0.15) is 12.6 Å². The number of halogens is 1. The number of esters is 1. The smallest absolute Gasteiger partial charge is 0.340 e.